The fourth-order valence-electron chi connectivity index (χ4n) is 1.19. The maximum Gasteiger partial charge on any atom is 0.245 e. The van der Waals surface area contributed by atoms with E-state index >= 15 is 0 Å². The van der Waals surface area contributed by atoms with Crippen molar-refractivity contribution < 1.29 is 4.52 Å². The van der Waals surface area contributed by atoms with E-state index in [9.17, 15) is 0 Å². The second-order valence-corrected chi connectivity index (χ2v) is 3.54. The minimum absolute atomic E-state index is 0.501. The molecule has 15 heavy (non-hydrogen) atoms. The van der Waals surface area contributed by atoms with E-state index in [0.29, 0.717) is 23.3 Å². The van der Waals surface area contributed by atoms with Gasteiger partial charge in [0.2, 0.25) is 5.89 Å². The predicted octanol–water partition coefficient (Wildman–Crippen LogP) is 2.64. The summed E-state index contributed by atoms with van der Waals surface area (Å²) in [7, 11) is 0. The standard InChI is InChI=1S/C10H10ClN3O/c1-7-13-10(15-14-7)6-12-9-4-2-3-8(11)5-9/h2-5,12H,6H2,1H3. The highest BCUT2D eigenvalue weighted by molar-refractivity contribution is 6.30. The van der Waals surface area contributed by atoms with Crippen molar-refractivity contribution in [2.45, 2.75) is 13.5 Å². The topological polar surface area (TPSA) is 51.0 Å². The highest BCUT2D eigenvalue weighted by Gasteiger charge is 2.01. The first-order valence-corrected chi connectivity index (χ1v) is 4.90. The summed E-state index contributed by atoms with van der Waals surface area (Å²) in [6.07, 6.45) is 0. The predicted molar refractivity (Wildman–Crippen MR) is 57.8 cm³/mol. The summed E-state index contributed by atoms with van der Waals surface area (Å²) < 4.78 is 4.96. The van der Waals surface area contributed by atoms with Gasteiger partial charge in [0.1, 0.15) is 0 Å². The highest BCUT2D eigenvalue weighted by Crippen LogP contribution is 2.15. The summed E-state index contributed by atoms with van der Waals surface area (Å²) in [5, 5.41) is 7.52. The quantitative estimate of drug-likeness (QED) is 0.869. The van der Waals surface area contributed by atoms with Crippen LogP contribution in [0.4, 0.5) is 5.69 Å². The number of hydrogen-bond donors (Lipinski definition) is 1. The van der Waals surface area contributed by atoms with Gasteiger partial charge in [-0.3, -0.25) is 0 Å². The number of aromatic nitrogens is 2. The molecule has 1 heterocycles. The summed E-state index contributed by atoms with van der Waals surface area (Å²) in [4.78, 5) is 4.07. The van der Waals surface area contributed by atoms with Crippen LogP contribution in [0, 0.1) is 6.92 Å². The van der Waals surface area contributed by atoms with E-state index in [1.54, 1.807) is 6.92 Å². The Morgan fingerprint density at radius 3 is 3.00 bits per heavy atom. The lowest BCUT2D eigenvalue weighted by Crippen LogP contribution is -1.99. The number of anilines is 1. The molecule has 0 spiro atoms. The van der Waals surface area contributed by atoms with Crippen LogP contribution in [-0.2, 0) is 6.54 Å². The molecule has 0 atom stereocenters. The van der Waals surface area contributed by atoms with Crippen LogP contribution in [0.15, 0.2) is 28.8 Å². The van der Waals surface area contributed by atoms with Gasteiger partial charge in [0.25, 0.3) is 0 Å². The summed E-state index contributed by atoms with van der Waals surface area (Å²) >= 11 is 5.84. The van der Waals surface area contributed by atoms with E-state index in [2.05, 4.69) is 15.5 Å². The molecule has 0 bridgehead atoms. The molecule has 2 rings (SSSR count). The molecular weight excluding hydrogens is 214 g/mol. The van der Waals surface area contributed by atoms with Crippen molar-refractivity contribution in [3.8, 4) is 0 Å². The zero-order valence-corrected chi connectivity index (χ0v) is 8.95. The summed E-state index contributed by atoms with van der Waals surface area (Å²) in [5.74, 6) is 1.20. The maximum absolute atomic E-state index is 5.84. The summed E-state index contributed by atoms with van der Waals surface area (Å²) in [5.41, 5.74) is 0.929. The van der Waals surface area contributed by atoms with E-state index in [4.69, 9.17) is 16.1 Å². The second kappa shape index (κ2) is 4.31. The van der Waals surface area contributed by atoms with Gasteiger partial charge in [0, 0.05) is 10.7 Å². The molecule has 2 aromatic rings. The van der Waals surface area contributed by atoms with Gasteiger partial charge in [-0.25, -0.2) is 0 Å². The Balaban J connectivity index is 1.99. The van der Waals surface area contributed by atoms with Crippen LogP contribution < -0.4 is 5.32 Å². The molecule has 0 saturated heterocycles. The van der Waals surface area contributed by atoms with Gasteiger partial charge in [-0.15, -0.1) is 0 Å². The Morgan fingerprint density at radius 1 is 1.47 bits per heavy atom. The Bertz CT molecular complexity index is 455. The molecular formula is C10H10ClN3O. The fraction of sp³-hybridized carbons (Fsp3) is 0.200. The third-order valence-electron chi connectivity index (χ3n) is 1.84. The Kier molecular flexibility index (Phi) is 2.87. The van der Waals surface area contributed by atoms with Crippen LogP contribution in [0.2, 0.25) is 5.02 Å². The molecule has 0 amide bonds. The van der Waals surface area contributed by atoms with E-state index in [1.165, 1.54) is 0 Å². The monoisotopic (exact) mass is 223 g/mol. The van der Waals surface area contributed by atoms with E-state index < -0.39 is 0 Å². The van der Waals surface area contributed by atoms with Crippen molar-refractivity contribution in [3.63, 3.8) is 0 Å². The number of halogens is 1. The van der Waals surface area contributed by atoms with Crippen molar-refractivity contribution in [1.82, 2.24) is 10.1 Å². The van der Waals surface area contributed by atoms with Crippen molar-refractivity contribution in [3.05, 3.63) is 41.0 Å². The smallest absolute Gasteiger partial charge is 0.245 e. The molecule has 4 nitrogen and oxygen atoms in total. The molecule has 0 radical (unpaired) electrons. The van der Waals surface area contributed by atoms with Crippen LogP contribution in [0.3, 0.4) is 0 Å². The van der Waals surface area contributed by atoms with Crippen LogP contribution >= 0.6 is 11.6 Å². The first-order chi connectivity index (χ1) is 7.24. The third kappa shape index (κ3) is 2.70. The largest absolute Gasteiger partial charge is 0.376 e. The second-order valence-electron chi connectivity index (χ2n) is 3.10. The van der Waals surface area contributed by atoms with Gasteiger partial charge in [-0.05, 0) is 25.1 Å². The third-order valence-corrected chi connectivity index (χ3v) is 2.07. The lowest BCUT2D eigenvalue weighted by Gasteiger charge is -2.02. The summed E-state index contributed by atoms with van der Waals surface area (Å²) in [6, 6.07) is 7.47. The van der Waals surface area contributed by atoms with E-state index in [1.807, 2.05) is 24.3 Å². The number of nitrogens with zero attached hydrogens (tertiary/aromatic N) is 2. The first-order valence-electron chi connectivity index (χ1n) is 4.52. The van der Waals surface area contributed by atoms with Crippen molar-refractivity contribution in [2.24, 2.45) is 0 Å². The molecule has 0 aliphatic carbocycles. The van der Waals surface area contributed by atoms with Crippen LogP contribution in [0.1, 0.15) is 11.7 Å². The average Bonchev–Trinajstić information content (AvgIpc) is 2.62. The van der Waals surface area contributed by atoms with Gasteiger partial charge < -0.3 is 9.84 Å². The van der Waals surface area contributed by atoms with Crippen molar-refractivity contribution in [1.29, 1.82) is 0 Å². The molecule has 0 saturated carbocycles. The molecule has 1 aromatic carbocycles. The Hall–Kier alpha value is -1.55. The van der Waals surface area contributed by atoms with E-state index in [-0.39, 0.29) is 0 Å². The lowest BCUT2D eigenvalue weighted by molar-refractivity contribution is 0.379. The Morgan fingerprint density at radius 2 is 2.33 bits per heavy atom. The molecule has 0 fully saturated rings. The van der Waals surface area contributed by atoms with Gasteiger partial charge in [-0.2, -0.15) is 4.98 Å². The normalized spacial score (nSPS) is 10.3. The van der Waals surface area contributed by atoms with Crippen molar-refractivity contribution >= 4 is 17.3 Å². The molecule has 0 unspecified atom stereocenters. The minimum Gasteiger partial charge on any atom is -0.376 e. The molecule has 78 valence electrons. The number of benzene rings is 1. The highest BCUT2D eigenvalue weighted by atomic mass is 35.5. The van der Waals surface area contributed by atoms with Crippen molar-refractivity contribution in [2.75, 3.05) is 5.32 Å². The zero-order valence-electron chi connectivity index (χ0n) is 8.20. The number of rotatable bonds is 3. The minimum atomic E-state index is 0.501. The van der Waals surface area contributed by atoms with Gasteiger partial charge >= 0.3 is 0 Å². The molecule has 0 aliphatic rings. The Labute approximate surface area is 92.3 Å². The van der Waals surface area contributed by atoms with Gasteiger partial charge in [-0.1, -0.05) is 22.8 Å². The number of nitrogens with one attached hydrogen (secondary N) is 1. The van der Waals surface area contributed by atoms with Gasteiger partial charge in [0.05, 0.1) is 6.54 Å². The van der Waals surface area contributed by atoms with Gasteiger partial charge in [0.15, 0.2) is 5.82 Å². The number of aryl methyl sites for hydroxylation is 1. The maximum atomic E-state index is 5.84. The zero-order chi connectivity index (χ0) is 10.7. The SMILES string of the molecule is Cc1noc(CNc2cccc(Cl)c2)n1. The lowest BCUT2D eigenvalue weighted by atomic mass is 10.3. The van der Waals surface area contributed by atoms with Crippen LogP contribution in [0.25, 0.3) is 0 Å². The number of hydrogen-bond acceptors (Lipinski definition) is 4. The molecule has 5 heteroatoms. The van der Waals surface area contributed by atoms with Crippen LogP contribution in [-0.4, -0.2) is 10.1 Å². The average molecular weight is 224 g/mol. The van der Waals surface area contributed by atoms with E-state index in [0.717, 1.165) is 5.69 Å². The molecule has 1 aromatic heterocycles. The molecule has 1 N–H and O–H groups in total. The van der Waals surface area contributed by atoms with Crippen LogP contribution in [0.5, 0.6) is 0 Å². The fourth-order valence-corrected chi connectivity index (χ4v) is 1.38. The molecule has 0 aliphatic heterocycles. The first kappa shape index (κ1) is 9.98. The summed E-state index contributed by atoms with van der Waals surface area (Å²) in [6.45, 7) is 2.29.